The van der Waals surface area contributed by atoms with Crippen molar-refractivity contribution in [1.29, 1.82) is 0 Å². The Kier molecular flexibility index (Phi) is 7.08. The van der Waals surface area contributed by atoms with Crippen LogP contribution in [0.15, 0.2) is 42.5 Å². The Labute approximate surface area is 201 Å². The van der Waals surface area contributed by atoms with E-state index in [1.807, 2.05) is 32.0 Å². The number of amides is 1. The zero-order valence-corrected chi connectivity index (χ0v) is 20.2. The number of thiazole rings is 1. The molecule has 6 nitrogen and oxygen atoms in total. The van der Waals surface area contributed by atoms with Crippen LogP contribution in [-0.2, 0) is 0 Å². The largest absolute Gasteiger partial charge is 0.492 e. The molecule has 9 heteroatoms. The average molecular weight is 491 g/mol. The average Bonchev–Trinajstić information content (AvgIpc) is 3.19. The molecule has 1 aliphatic heterocycles. The van der Waals surface area contributed by atoms with E-state index in [9.17, 15) is 4.79 Å². The lowest BCUT2D eigenvalue weighted by Gasteiger charge is -2.36. The van der Waals surface area contributed by atoms with Crippen LogP contribution in [0.4, 0.5) is 16.5 Å². The second-order valence-electron chi connectivity index (χ2n) is 7.34. The standard InChI is InChI=1S/C23H24Cl2N4O2S/c1-3-31-19-10-5-4-9-18(19)28-11-13-29(14-12-28)23-26-15(2)21(32-23)22(30)27-20-16(24)7-6-8-17(20)25/h4-10H,3,11-14H2,1-2H3,(H,27,30). The molecule has 0 spiro atoms. The molecule has 0 saturated carbocycles. The first-order valence-corrected chi connectivity index (χ1v) is 12.0. The molecule has 32 heavy (non-hydrogen) atoms. The fourth-order valence-corrected chi connectivity index (χ4v) is 5.16. The van der Waals surface area contributed by atoms with Crippen molar-refractivity contribution < 1.29 is 9.53 Å². The Morgan fingerprint density at radius 2 is 1.72 bits per heavy atom. The first-order valence-electron chi connectivity index (χ1n) is 10.4. The van der Waals surface area contributed by atoms with E-state index in [0.29, 0.717) is 32.9 Å². The minimum Gasteiger partial charge on any atom is -0.492 e. The van der Waals surface area contributed by atoms with Crippen molar-refractivity contribution in [1.82, 2.24) is 4.98 Å². The van der Waals surface area contributed by atoms with Gasteiger partial charge in [0.2, 0.25) is 0 Å². The highest BCUT2D eigenvalue weighted by Crippen LogP contribution is 2.34. The van der Waals surface area contributed by atoms with E-state index < -0.39 is 0 Å². The van der Waals surface area contributed by atoms with Gasteiger partial charge in [0, 0.05) is 26.2 Å². The second kappa shape index (κ2) is 9.98. The summed E-state index contributed by atoms with van der Waals surface area (Å²) in [5.74, 6) is 0.649. The van der Waals surface area contributed by atoms with E-state index in [4.69, 9.17) is 27.9 Å². The number of piperazine rings is 1. The number of carbonyl (C=O) groups excluding carboxylic acids is 1. The fraction of sp³-hybridized carbons (Fsp3) is 0.304. The monoisotopic (exact) mass is 490 g/mol. The number of nitrogens with one attached hydrogen (secondary N) is 1. The summed E-state index contributed by atoms with van der Waals surface area (Å²) >= 11 is 13.8. The maximum Gasteiger partial charge on any atom is 0.267 e. The highest BCUT2D eigenvalue weighted by Gasteiger charge is 2.24. The number of carbonyl (C=O) groups is 1. The topological polar surface area (TPSA) is 57.7 Å². The fourth-order valence-electron chi connectivity index (χ4n) is 3.65. The Hall–Kier alpha value is -2.48. The van der Waals surface area contributed by atoms with Crippen LogP contribution < -0.4 is 19.9 Å². The van der Waals surface area contributed by atoms with Gasteiger partial charge in [-0.3, -0.25) is 4.79 Å². The molecular formula is C23H24Cl2N4O2S. The molecule has 1 amide bonds. The SMILES string of the molecule is CCOc1ccccc1N1CCN(c2nc(C)c(C(=O)Nc3c(Cl)cccc3Cl)s2)CC1. The molecule has 0 atom stereocenters. The number of nitrogens with zero attached hydrogens (tertiary/aromatic N) is 3. The highest BCUT2D eigenvalue weighted by atomic mass is 35.5. The van der Waals surface area contributed by atoms with Crippen LogP contribution >= 0.6 is 34.5 Å². The third kappa shape index (κ3) is 4.80. The summed E-state index contributed by atoms with van der Waals surface area (Å²) in [5.41, 5.74) is 2.22. The molecule has 2 heterocycles. The Bertz CT molecular complexity index is 1090. The molecule has 1 aromatic heterocycles. The Balaban J connectivity index is 1.44. The lowest BCUT2D eigenvalue weighted by Crippen LogP contribution is -2.46. The predicted octanol–water partition coefficient (Wildman–Crippen LogP) is 5.74. The van der Waals surface area contributed by atoms with Gasteiger partial charge in [0.15, 0.2) is 5.13 Å². The molecule has 3 aromatic rings. The van der Waals surface area contributed by atoms with E-state index in [1.165, 1.54) is 11.3 Å². The molecule has 2 aromatic carbocycles. The second-order valence-corrected chi connectivity index (χ2v) is 9.13. The molecule has 1 saturated heterocycles. The molecular weight excluding hydrogens is 467 g/mol. The third-order valence-corrected chi connectivity index (χ3v) is 7.10. The van der Waals surface area contributed by atoms with Crippen molar-refractivity contribution in [3.8, 4) is 5.75 Å². The third-order valence-electron chi connectivity index (χ3n) is 5.25. The maximum absolute atomic E-state index is 12.9. The quantitative estimate of drug-likeness (QED) is 0.477. The number of ether oxygens (including phenoxy) is 1. The number of aryl methyl sites for hydroxylation is 1. The summed E-state index contributed by atoms with van der Waals surface area (Å²) in [6, 6.07) is 13.2. The lowest BCUT2D eigenvalue weighted by atomic mass is 10.2. The number of hydrogen-bond acceptors (Lipinski definition) is 6. The van der Waals surface area contributed by atoms with Crippen molar-refractivity contribution >= 4 is 57.0 Å². The van der Waals surface area contributed by atoms with Crippen LogP contribution in [0.1, 0.15) is 22.3 Å². The summed E-state index contributed by atoms with van der Waals surface area (Å²) < 4.78 is 5.78. The maximum atomic E-state index is 12.9. The molecule has 1 N–H and O–H groups in total. The number of para-hydroxylation sites is 3. The summed E-state index contributed by atoms with van der Waals surface area (Å²) in [4.78, 5) is 22.6. The van der Waals surface area contributed by atoms with Gasteiger partial charge in [-0.2, -0.15) is 0 Å². The summed E-state index contributed by atoms with van der Waals surface area (Å²) in [6.07, 6.45) is 0. The van der Waals surface area contributed by atoms with Gasteiger partial charge in [-0.25, -0.2) is 4.98 Å². The first-order chi connectivity index (χ1) is 15.5. The Morgan fingerprint density at radius 1 is 1.06 bits per heavy atom. The van der Waals surface area contributed by atoms with Crippen LogP contribution in [-0.4, -0.2) is 43.7 Å². The van der Waals surface area contributed by atoms with E-state index >= 15 is 0 Å². The van der Waals surface area contributed by atoms with E-state index in [-0.39, 0.29) is 5.91 Å². The number of halogens is 2. The van der Waals surface area contributed by atoms with Gasteiger partial charge < -0.3 is 19.9 Å². The number of anilines is 3. The number of aromatic nitrogens is 1. The number of hydrogen-bond donors (Lipinski definition) is 1. The number of benzene rings is 2. The highest BCUT2D eigenvalue weighted by molar-refractivity contribution is 7.17. The molecule has 0 aliphatic carbocycles. The van der Waals surface area contributed by atoms with Gasteiger partial charge in [-0.1, -0.05) is 52.7 Å². The van der Waals surface area contributed by atoms with Crippen molar-refractivity contribution in [3.05, 3.63) is 63.1 Å². The van der Waals surface area contributed by atoms with Gasteiger partial charge >= 0.3 is 0 Å². The molecule has 168 valence electrons. The van der Waals surface area contributed by atoms with E-state index in [1.54, 1.807) is 18.2 Å². The molecule has 0 unspecified atom stereocenters. The molecule has 4 rings (SSSR count). The molecule has 1 fully saturated rings. The van der Waals surface area contributed by atoms with Gasteiger partial charge in [0.25, 0.3) is 5.91 Å². The van der Waals surface area contributed by atoms with Crippen LogP contribution in [0.5, 0.6) is 5.75 Å². The molecule has 1 aliphatic rings. The van der Waals surface area contributed by atoms with Crippen molar-refractivity contribution in [2.75, 3.05) is 47.9 Å². The van der Waals surface area contributed by atoms with Crippen LogP contribution in [0.3, 0.4) is 0 Å². The summed E-state index contributed by atoms with van der Waals surface area (Å²) in [7, 11) is 0. The van der Waals surface area contributed by atoms with Crippen LogP contribution in [0.25, 0.3) is 0 Å². The van der Waals surface area contributed by atoms with Crippen molar-refractivity contribution in [2.24, 2.45) is 0 Å². The molecule has 0 bridgehead atoms. The van der Waals surface area contributed by atoms with Crippen LogP contribution in [0, 0.1) is 6.92 Å². The van der Waals surface area contributed by atoms with Gasteiger partial charge in [-0.15, -0.1) is 0 Å². The lowest BCUT2D eigenvalue weighted by molar-refractivity contribution is 0.103. The van der Waals surface area contributed by atoms with Crippen LogP contribution in [0.2, 0.25) is 10.0 Å². The van der Waals surface area contributed by atoms with Gasteiger partial charge in [-0.05, 0) is 38.1 Å². The Morgan fingerprint density at radius 3 is 2.41 bits per heavy atom. The summed E-state index contributed by atoms with van der Waals surface area (Å²) in [6.45, 7) is 7.79. The van der Waals surface area contributed by atoms with E-state index in [2.05, 4.69) is 26.2 Å². The molecule has 0 radical (unpaired) electrons. The first kappa shape index (κ1) is 22.7. The van der Waals surface area contributed by atoms with E-state index in [0.717, 1.165) is 42.7 Å². The number of rotatable bonds is 6. The predicted molar refractivity (Wildman–Crippen MR) is 133 cm³/mol. The van der Waals surface area contributed by atoms with Gasteiger partial charge in [0.1, 0.15) is 10.6 Å². The zero-order valence-electron chi connectivity index (χ0n) is 17.9. The zero-order chi connectivity index (χ0) is 22.7. The van der Waals surface area contributed by atoms with Crippen molar-refractivity contribution in [2.45, 2.75) is 13.8 Å². The minimum atomic E-state index is -0.259. The minimum absolute atomic E-state index is 0.259. The van der Waals surface area contributed by atoms with Crippen molar-refractivity contribution in [3.63, 3.8) is 0 Å². The smallest absolute Gasteiger partial charge is 0.267 e. The normalized spacial score (nSPS) is 13.9. The summed E-state index contributed by atoms with van der Waals surface area (Å²) in [5, 5.41) is 4.47. The van der Waals surface area contributed by atoms with Gasteiger partial charge in [0.05, 0.1) is 33.7 Å².